The summed E-state index contributed by atoms with van der Waals surface area (Å²) < 4.78 is 5.45. The minimum atomic E-state index is -0.484. The van der Waals surface area contributed by atoms with Gasteiger partial charge in [-0.1, -0.05) is 48.5 Å². The number of carbonyl (C=O) groups excluding carboxylic acids is 1. The first-order valence-electron chi connectivity index (χ1n) is 8.29. The molecule has 3 aromatic carbocycles. The molecule has 0 unspecified atom stereocenters. The molecular formula is C20H18N2O4. The number of nitrogens with one attached hydrogen (secondary N) is 1. The van der Waals surface area contributed by atoms with E-state index >= 15 is 0 Å². The van der Waals surface area contributed by atoms with Crippen LogP contribution in [0.25, 0.3) is 10.8 Å². The summed E-state index contributed by atoms with van der Waals surface area (Å²) >= 11 is 0. The number of para-hydroxylation sites is 2. The van der Waals surface area contributed by atoms with Gasteiger partial charge in [-0.2, -0.15) is 0 Å². The molecule has 3 aromatic rings. The summed E-state index contributed by atoms with van der Waals surface area (Å²) in [4.78, 5) is 22.6. The summed E-state index contributed by atoms with van der Waals surface area (Å²) in [5.74, 6) is 0.0967. The summed E-state index contributed by atoms with van der Waals surface area (Å²) in [6.07, 6.45) is 0.729. The van der Waals surface area contributed by atoms with E-state index in [1.807, 2.05) is 42.5 Å². The number of anilines is 1. The first-order valence-corrected chi connectivity index (χ1v) is 8.29. The van der Waals surface area contributed by atoms with Crippen molar-refractivity contribution >= 4 is 28.1 Å². The zero-order chi connectivity index (χ0) is 18.4. The summed E-state index contributed by atoms with van der Waals surface area (Å²) in [6.45, 7) is 0.230. The summed E-state index contributed by atoms with van der Waals surface area (Å²) in [5, 5.41) is 15.9. The number of hydrogen-bond acceptors (Lipinski definition) is 4. The van der Waals surface area contributed by atoms with Gasteiger partial charge >= 0.3 is 5.69 Å². The van der Waals surface area contributed by atoms with Crippen molar-refractivity contribution in [2.45, 2.75) is 12.8 Å². The monoisotopic (exact) mass is 350 g/mol. The smallest absolute Gasteiger partial charge is 0.310 e. The number of carbonyl (C=O) groups is 1. The molecule has 0 heterocycles. The first-order chi connectivity index (χ1) is 12.6. The van der Waals surface area contributed by atoms with Crippen LogP contribution in [0.5, 0.6) is 5.75 Å². The quantitative estimate of drug-likeness (QED) is 0.385. The van der Waals surface area contributed by atoms with Crippen LogP contribution in [0.15, 0.2) is 66.7 Å². The molecule has 6 heteroatoms. The second-order valence-corrected chi connectivity index (χ2v) is 5.75. The van der Waals surface area contributed by atoms with E-state index in [4.69, 9.17) is 4.74 Å². The van der Waals surface area contributed by atoms with Gasteiger partial charge in [0.15, 0.2) is 5.75 Å². The third kappa shape index (κ3) is 4.16. The fourth-order valence-electron chi connectivity index (χ4n) is 2.69. The lowest BCUT2D eigenvalue weighted by atomic mass is 10.1. The Labute approximate surface area is 150 Å². The van der Waals surface area contributed by atoms with E-state index in [9.17, 15) is 14.9 Å². The van der Waals surface area contributed by atoms with Crippen LogP contribution in [0.1, 0.15) is 12.8 Å². The van der Waals surface area contributed by atoms with Gasteiger partial charge in [0.05, 0.1) is 11.5 Å². The van der Waals surface area contributed by atoms with Gasteiger partial charge in [0.1, 0.15) is 0 Å². The molecule has 0 bridgehead atoms. The molecule has 1 amide bonds. The SMILES string of the molecule is O=C(CCCOc1ccccc1[N+](=O)[O-])Nc1cccc2ccccc12. The van der Waals surface area contributed by atoms with Crippen LogP contribution in [-0.4, -0.2) is 17.4 Å². The summed E-state index contributed by atoms with van der Waals surface area (Å²) in [5.41, 5.74) is 0.695. The number of ether oxygens (including phenoxy) is 1. The van der Waals surface area contributed by atoms with E-state index in [1.54, 1.807) is 18.2 Å². The highest BCUT2D eigenvalue weighted by Crippen LogP contribution is 2.26. The third-order valence-electron chi connectivity index (χ3n) is 3.93. The minimum Gasteiger partial charge on any atom is -0.487 e. The average molecular weight is 350 g/mol. The molecule has 132 valence electrons. The molecular weight excluding hydrogens is 332 g/mol. The highest BCUT2D eigenvalue weighted by atomic mass is 16.6. The van der Waals surface area contributed by atoms with E-state index in [-0.39, 0.29) is 30.4 Å². The van der Waals surface area contributed by atoms with Crippen molar-refractivity contribution in [3.8, 4) is 5.75 Å². The Morgan fingerprint density at radius 2 is 1.73 bits per heavy atom. The van der Waals surface area contributed by atoms with Gasteiger partial charge in [-0.05, 0) is 23.9 Å². The van der Waals surface area contributed by atoms with E-state index in [2.05, 4.69) is 5.32 Å². The molecule has 0 aliphatic rings. The normalized spacial score (nSPS) is 10.5. The fourth-order valence-corrected chi connectivity index (χ4v) is 2.69. The van der Waals surface area contributed by atoms with Crippen LogP contribution in [-0.2, 0) is 4.79 Å². The third-order valence-corrected chi connectivity index (χ3v) is 3.93. The van der Waals surface area contributed by atoms with Crippen molar-refractivity contribution in [3.05, 3.63) is 76.8 Å². The largest absolute Gasteiger partial charge is 0.487 e. The van der Waals surface area contributed by atoms with Gasteiger partial charge < -0.3 is 10.1 Å². The Balaban J connectivity index is 1.53. The van der Waals surface area contributed by atoms with Crippen molar-refractivity contribution in [2.24, 2.45) is 0 Å². The molecule has 6 nitrogen and oxygen atoms in total. The molecule has 3 rings (SSSR count). The molecule has 0 saturated heterocycles. The van der Waals surface area contributed by atoms with Crippen molar-refractivity contribution in [1.82, 2.24) is 0 Å². The maximum atomic E-state index is 12.2. The van der Waals surface area contributed by atoms with Crippen LogP contribution >= 0.6 is 0 Å². The van der Waals surface area contributed by atoms with Gasteiger partial charge in [0.2, 0.25) is 5.91 Å². The average Bonchev–Trinajstić information content (AvgIpc) is 2.66. The Kier molecular flexibility index (Phi) is 5.43. The van der Waals surface area contributed by atoms with Crippen molar-refractivity contribution in [1.29, 1.82) is 0 Å². The number of nitro groups is 1. The molecule has 26 heavy (non-hydrogen) atoms. The highest BCUT2D eigenvalue weighted by Gasteiger charge is 2.13. The number of rotatable bonds is 7. The molecule has 0 atom stereocenters. The lowest BCUT2D eigenvalue weighted by molar-refractivity contribution is -0.385. The van der Waals surface area contributed by atoms with Crippen molar-refractivity contribution < 1.29 is 14.5 Å². The highest BCUT2D eigenvalue weighted by molar-refractivity contribution is 6.02. The lowest BCUT2D eigenvalue weighted by Gasteiger charge is -2.09. The zero-order valence-electron chi connectivity index (χ0n) is 14.1. The number of nitro benzene ring substituents is 1. The van der Waals surface area contributed by atoms with Crippen LogP contribution in [0, 0.1) is 10.1 Å². The number of fused-ring (bicyclic) bond motifs is 1. The van der Waals surface area contributed by atoms with Crippen LogP contribution in [0.3, 0.4) is 0 Å². The maximum Gasteiger partial charge on any atom is 0.310 e. The van der Waals surface area contributed by atoms with Gasteiger partial charge in [0.25, 0.3) is 0 Å². The van der Waals surface area contributed by atoms with E-state index in [1.165, 1.54) is 6.07 Å². The standard InChI is InChI=1S/C20H18N2O4/c23-20(21-17-10-5-8-15-7-1-2-9-16(15)17)13-6-14-26-19-12-4-3-11-18(19)22(24)25/h1-5,7-12H,6,13-14H2,(H,21,23). The Morgan fingerprint density at radius 1 is 1.00 bits per heavy atom. The number of amides is 1. The Bertz CT molecular complexity index is 935. The molecule has 0 spiro atoms. The van der Waals surface area contributed by atoms with Crippen LogP contribution < -0.4 is 10.1 Å². The van der Waals surface area contributed by atoms with E-state index < -0.39 is 4.92 Å². The molecule has 0 saturated carbocycles. The second-order valence-electron chi connectivity index (χ2n) is 5.75. The van der Waals surface area contributed by atoms with E-state index in [0.29, 0.717) is 6.42 Å². The molecule has 0 aliphatic heterocycles. The van der Waals surface area contributed by atoms with Crippen LogP contribution in [0.2, 0.25) is 0 Å². The number of hydrogen-bond donors (Lipinski definition) is 1. The van der Waals surface area contributed by atoms with Gasteiger partial charge in [0, 0.05) is 23.6 Å². The lowest BCUT2D eigenvalue weighted by Crippen LogP contribution is -2.13. The predicted octanol–water partition coefficient (Wildman–Crippen LogP) is 4.55. The summed E-state index contributed by atoms with van der Waals surface area (Å²) in [7, 11) is 0. The van der Waals surface area contributed by atoms with Crippen molar-refractivity contribution in [2.75, 3.05) is 11.9 Å². The topological polar surface area (TPSA) is 81.5 Å². The Morgan fingerprint density at radius 3 is 2.58 bits per heavy atom. The zero-order valence-corrected chi connectivity index (χ0v) is 14.1. The fraction of sp³-hybridized carbons (Fsp3) is 0.150. The Hall–Kier alpha value is -3.41. The van der Waals surface area contributed by atoms with Gasteiger partial charge in [-0.25, -0.2) is 0 Å². The molecule has 0 radical (unpaired) electrons. The summed E-state index contributed by atoms with van der Waals surface area (Å²) in [6, 6.07) is 19.8. The number of benzene rings is 3. The molecule has 0 fully saturated rings. The maximum absolute atomic E-state index is 12.2. The molecule has 1 N–H and O–H groups in total. The minimum absolute atomic E-state index is 0.0762. The van der Waals surface area contributed by atoms with Gasteiger partial charge in [-0.3, -0.25) is 14.9 Å². The van der Waals surface area contributed by atoms with E-state index in [0.717, 1.165) is 16.5 Å². The number of nitrogens with zero attached hydrogens (tertiary/aromatic N) is 1. The molecule has 0 aromatic heterocycles. The van der Waals surface area contributed by atoms with Gasteiger partial charge in [-0.15, -0.1) is 0 Å². The van der Waals surface area contributed by atoms with Crippen LogP contribution in [0.4, 0.5) is 11.4 Å². The predicted molar refractivity (Wildman–Crippen MR) is 100 cm³/mol. The van der Waals surface area contributed by atoms with Crippen molar-refractivity contribution in [3.63, 3.8) is 0 Å². The second kappa shape index (κ2) is 8.11. The molecule has 0 aliphatic carbocycles. The first kappa shape index (κ1) is 17.4.